The number of likely N-dealkylation sites (tertiary alicyclic amines) is 1. The molecule has 2 fully saturated rings. The summed E-state index contributed by atoms with van der Waals surface area (Å²) < 4.78 is 5.37. The van der Waals surface area contributed by atoms with Crippen molar-refractivity contribution in [2.75, 3.05) is 13.1 Å². The molecule has 2 amide bonds. The Kier molecular flexibility index (Phi) is 4.01. The largest absolute Gasteiger partial charge is 0.458 e. The van der Waals surface area contributed by atoms with Crippen LogP contribution in [0.5, 0.6) is 0 Å². The smallest absolute Gasteiger partial charge is 0.329 e. The summed E-state index contributed by atoms with van der Waals surface area (Å²) in [6, 6.07) is -0.502. The quantitative estimate of drug-likeness (QED) is 0.746. The summed E-state index contributed by atoms with van der Waals surface area (Å²) in [6.07, 6.45) is 1.65. The van der Waals surface area contributed by atoms with E-state index in [0.29, 0.717) is 19.5 Å². The van der Waals surface area contributed by atoms with Gasteiger partial charge in [-0.2, -0.15) is 0 Å². The van der Waals surface area contributed by atoms with Gasteiger partial charge in [-0.3, -0.25) is 9.59 Å². The molecule has 1 unspecified atom stereocenters. The first-order valence-corrected chi connectivity index (χ1v) is 7.08. The lowest BCUT2D eigenvalue weighted by Crippen LogP contribution is -2.46. The minimum Gasteiger partial charge on any atom is -0.458 e. The third-order valence-electron chi connectivity index (χ3n) is 3.54. The van der Waals surface area contributed by atoms with Crippen molar-refractivity contribution in [1.82, 2.24) is 10.2 Å². The molecular formula is C14H22N2O4. The van der Waals surface area contributed by atoms with E-state index in [1.165, 1.54) is 0 Å². The predicted octanol–water partition coefficient (Wildman–Crippen LogP) is 0.455. The number of nitrogens with zero attached hydrogens (tertiary/aromatic N) is 1. The highest BCUT2D eigenvalue weighted by atomic mass is 16.6. The van der Waals surface area contributed by atoms with Crippen molar-refractivity contribution in [2.24, 2.45) is 5.92 Å². The van der Waals surface area contributed by atoms with Gasteiger partial charge >= 0.3 is 5.97 Å². The van der Waals surface area contributed by atoms with Gasteiger partial charge in [0.2, 0.25) is 11.8 Å². The minimum absolute atomic E-state index is 0.101. The summed E-state index contributed by atoms with van der Waals surface area (Å²) in [4.78, 5) is 37.3. The molecule has 1 N–H and O–H groups in total. The van der Waals surface area contributed by atoms with Crippen LogP contribution < -0.4 is 5.32 Å². The van der Waals surface area contributed by atoms with Crippen molar-refractivity contribution >= 4 is 17.8 Å². The molecule has 2 rings (SSSR count). The first-order chi connectivity index (χ1) is 9.28. The van der Waals surface area contributed by atoms with E-state index in [0.717, 1.165) is 6.42 Å². The molecule has 0 aliphatic carbocycles. The highest BCUT2D eigenvalue weighted by Gasteiger charge is 2.40. The van der Waals surface area contributed by atoms with Gasteiger partial charge in [-0.25, -0.2) is 4.79 Å². The van der Waals surface area contributed by atoms with Crippen molar-refractivity contribution in [2.45, 2.75) is 51.7 Å². The lowest BCUT2D eigenvalue weighted by molar-refractivity contribution is -0.163. The Morgan fingerprint density at radius 1 is 1.35 bits per heavy atom. The Balaban J connectivity index is 2.01. The van der Waals surface area contributed by atoms with Gasteiger partial charge in [0.1, 0.15) is 11.6 Å². The molecule has 6 nitrogen and oxygen atoms in total. The van der Waals surface area contributed by atoms with Crippen LogP contribution in [0.15, 0.2) is 0 Å². The van der Waals surface area contributed by atoms with Crippen molar-refractivity contribution in [3.63, 3.8) is 0 Å². The predicted molar refractivity (Wildman–Crippen MR) is 71.7 cm³/mol. The SMILES string of the molecule is CC(C)(C)OC(=O)[C@@H]1CCCN1C(=O)C1CNC(=O)C1. The Bertz CT molecular complexity index is 427. The number of esters is 1. The third-order valence-corrected chi connectivity index (χ3v) is 3.54. The summed E-state index contributed by atoms with van der Waals surface area (Å²) >= 11 is 0. The number of rotatable bonds is 2. The number of hydrogen-bond acceptors (Lipinski definition) is 4. The molecule has 2 heterocycles. The van der Waals surface area contributed by atoms with Crippen molar-refractivity contribution in [1.29, 1.82) is 0 Å². The van der Waals surface area contributed by atoms with E-state index in [1.54, 1.807) is 4.90 Å². The zero-order valence-electron chi connectivity index (χ0n) is 12.3. The molecule has 2 saturated heterocycles. The molecule has 6 heteroatoms. The summed E-state index contributed by atoms with van der Waals surface area (Å²) in [5, 5.41) is 2.65. The average Bonchev–Trinajstić information content (AvgIpc) is 2.93. The fraction of sp³-hybridized carbons (Fsp3) is 0.786. The molecular weight excluding hydrogens is 260 g/mol. The third kappa shape index (κ3) is 3.29. The number of carbonyl (C=O) groups is 3. The molecule has 0 aromatic heterocycles. The van der Waals surface area contributed by atoms with Crippen LogP contribution in [-0.4, -0.2) is 47.4 Å². The Labute approximate surface area is 118 Å². The van der Waals surface area contributed by atoms with Crippen LogP contribution in [0.3, 0.4) is 0 Å². The Morgan fingerprint density at radius 3 is 2.60 bits per heavy atom. The number of carbonyl (C=O) groups excluding carboxylic acids is 3. The molecule has 0 aromatic carbocycles. The fourth-order valence-electron chi connectivity index (χ4n) is 2.66. The molecule has 2 atom stereocenters. The number of hydrogen-bond donors (Lipinski definition) is 1. The molecule has 2 aliphatic heterocycles. The standard InChI is InChI=1S/C14H22N2O4/c1-14(2,3)20-13(19)10-5-4-6-16(10)12(18)9-7-11(17)15-8-9/h9-10H,4-8H2,1-3H3,(H,15,17)/t9?,10-/m0/s1. The minimum atomic E-state index is -0.556. The lowest BCUT2D eigenvalue weighted by atomic mass is 10.1. The van der Waals surface area contributed by atoms with E-state index >= 15 is 0 Å². The molecule has 0 bridgehead atoms. The highest BCUT2D eigenvalue weighted by molar-refractivity contribution is 5.92. The van der Waals surface area contributed by atoms with Gasteiger partial charge in [0.15, 0.2) is 0 Å². The van der Waals surface area contributed by atoms with E-state index in [9.17, 15) is 14.4 Å². The summed E-state index contributed by atoms with van der Waals surface area (Å²) in [6.45, 7) is 6.37. The van der Waals surface area contributed by atoms with Crippen LogP contribution in [-0.2, 0) is 19.1 Å². The van der Waals surface area contributed by atoms with Gasteiger partial charge in [-0.15, -0.1) is 0 Å². The highest BCUT2D eigenvalue weighted by Crippen LogP contribution is 2.24. The van der Waals surface area contributed by atoms with Crippen LogP contribution in [0.2, 0.25) is 0 Å². The van der Waals surface area contributed by atoms with Gasteiger partial charge in [0.25, 0.3) is 0 Å². The second-order valence-electron chi connectivity index (χ2n) is 6.43. The zero-order chi connectivity index (χ0) is 14.9. The normalized spacial score (nSPS) is 26.6. The number of ether oxygens (including phenoxy) is 1. The molecule has 2 aliphatic rings. The summed E-state index contributed by atoms with van der Waals surface area (Å²) in [7, 11) is 0. The lowest BCUT2D eigenvalue weighted by Gasteiger charge is -2.28. The Hall–Kier alpha value is -1.59. The van der Waals surface area contributed by atoms with Crippen molar-refractivity contribution < 1.29 is 19.1 Å². The average molecular weight is 282 g/mol. The zero-order valence-corrected chi connectivity index (χ0v) is 12.3. The fourth-order valence-corrected chi connectivity index (χ4v) is 2.66. The van der Waals surface area contributed by atoms with Crippen LogP contribution in [0, 0.1) is 5.92 Å². The summed E-state index contributed by atoms with van der Waals surface area (Å²) in [5.74, 6) is -0.903. The number of nitrogens with one attached hydrogen (secondary N) is 1. The van der Waals surface area contributed by atoms with Gasteiger partial charge in [0, 0.05) is 19.5 Å². The second kappa shape index (κ2) is 5.42. The first-order valence-electron chi connectivity index (χ1n) is 7.08. The molecule has 20 heavy (non-hydrogen) atoms. The van der Waals surface area contributed by atoms with E-state index in [-0.39, 0.29) is 30.1 Å². The number of amides is 2. The van der Waals surface area contributed by atoms with Crippen molar-refractivity contribution in [3.8, 4) is 0 Å². The van der Waals surface area contributed by atoms with Gasteiger partial charge in [-0.05, 0) is 33.6 Å². The van der Waals surface area contributed by atoms with Gasteiger partial charge in [0.05, 0.1) is 5.92 Å². The maximum Gasteiger partial charge on any atom is 0.329 e. The Morgan fingerprint density at radius 2 is 2.05 bits per heavy atom. The van der Waals surface area contributed by atoms with Crippen LogP contribution in [0.1, 0.15) is 40.0 Å². The molecule has 112 valence electrons. The second-order valence-corrected chi connectivity index (χ2v) is 6.43. The van der Waals surface area contributed by atoms with Crippen LogP contribution in [0.25, 0.3) is 0 Å². The van der Waals surface area contributed by atoms with E-state index in [2.05, 4.69) is 5.32 Å². The monoisotopic (exact) mass is 282 g/mol. The van der Waals surface area contributed by atoms with E-state index in [1.807, 2.05) is 20.8 Å². The molecule has 0 aromatic rings. The van der Waals surface area contributed by atoms with Gasteiger partial charge in [-0.1, -0.05) is 0 Å². The van der Waals surface area contributed by atoms with Gasteiger partial charge < -0.3 is 15.0 Å². The molecule has 0 spiro atoms. The molecule has 0 saturated carbocycles. The van der Waals surface area contributed by atoms with E-state index in [4.69, 9.17) is 4.74 Å². The topological polar surface area (TPSA) is 75.7 Å². The maximum absolute atomic E-state index is 12.4. The maximum atomic E-state index is 12.4. The summed E-state index contributed by atoms with van der Waals surface area (Å²) in [5.41, 5.74) is -0.556. The van der Waals surface area contributed by atoms with Crippen LogP contribution >= 0.6 is 0 Å². The van der Waals surface area contributed by atoms with Crippen LogP contribution in [0.4, 0.5) is 0 Å². The molecule has 0 radical (unpaired) electrons. The van der Waals surface area contributed by atoms with E-state index < -0.39 is 11.6 Å². The van der Waals surface area contributed by atoms with Crippen molar-refractivity contribution in [3.05, 3.63) is 0 Å². The first kappa shape index (κ1) is 14.8.